The number of carbonyl (C=O) groups is 2. The summed E-state index contributed by atoms with van der Waals surface area (Å²) in [5.41, 5.74) is 1.45. The van der Waals surface area contributed by atoms with E-state index in [0.717, 1.165) is 0 Å². The van der Waals surface area contributed by atoms with Crippen molar-refractivity contribution in [3.8, 4) is 11.5 Å². The average molecular weight is 309 g/mol. The van der Waals surface area contributed by atoms with Gasteiger partial charge in [0.2, 0.25) is 0 Å². The number of ether oxygens (including phenoxy) is 1. The van der Waals surface area contributed by atoms with Gasteiger partial charge in [0.05, 0.1) is 11.3 Å². The molecule has 0 saturated carbocycles. The third-order valence-corrected chi connectivity index (χ3v) is 3.24. The Labute approximate surface area is 133 Å². The third-order valence-electron chi connectivity index (χ3n) is 3.24. The second kappa shape index (κ2) is 6.23. The average Bonchev–Trinajstić information content (AvgIpc) is 2.69. The van der Waals surface area contributed by atoms with E-state index in [0.29, 0.717) is 35.0 Å². The quantitative estimate of drug-likeness (QED) is 0.761. The van der Waals surface area contributed by atoms with Crippen LogP contribution >= 0.6 is 0 Å². The summed E-state index contributed by atoms with van der Waals surface area (Å²) in [6, 6.07) is 11.7. The van der Waals surface area contributed by atoms with E-state index in [1.54, 1.807) is 36.4 Å². The van der Waals surface area contributed by atoms with Gasteiger partial charge in [0.25, 0.3) is 5.91 Å². The van der Waals surface area contributed by atoms with Gasteiger partial charge in [-0.05, 0) is 30.3 Å². The Balaban J connectivity index is 1.86. The number of hydrogen-bond donors (Lipinski definition) is 3. The lowest BCUT2D eigenvalue weighted by Crippen LogP contribution is -2.28. The Morgan fingerprint density at radius 2 is 2.04 bits per heavy atom. The van der Waals surface area contributed by atoms with Crippen LogP contribution in [0, 0.1) is 0 Å². The molecule has 0 aliphatic carbocycles. The molecule has 3 amide bonds. The number of benzene rings is 2. The predicted octanol–water partition coefficient (Wildman–Crippen LogP) is 3.35. The number of para-hydroxylation sites is 2. The van der Waals surface area contributed by atoms with Crippen molar-refractivity contribution in [2.24, 2.45) is 0 Å². The van der Waals surface area contributed by atoms with E-state index in [1.165, 1.54) is 0 Å². The molecule has 0 aromatic heterocycles. The molecule has 0 atom stereocenters. The molecule has 0 radical (unpaired) electrons. The zero-order valence-corrected chi connectivity index (χ0v) is 12.3. The summed E-state index contributed by atoms with van der Waals surface area (Å²) in [5.74, 6) is 0.716. The van der Waals surface area contributed by atoms with E-state index in [4.69, 9.17) is 4.74 Å². The number of carbonyl (C=O) groups excluding carboxylic acids is 2. The molecule has 116 valence electrons. The first-order valence-corrected chi connectivity index (χ1v) is 7.05. The van der Waals surface area contributed by atoms with Crippen LogP contribution in [0.2, 0.25) is 0 Å². The van der Waals surface area contributed by atoms with E-state index in [-0.39, 0.29) is 11.9 Å². The van der Waals surface area contributed by atoms with Gasteiger partial charge in [-0.25, -0.2) is 4.79 Å². The van der Waals surface area contributed by atoms with Crippen molar-refractivity contribution in [3.05, 3.63) is 60.7 Å². The molecule has 2 aromatic carbocycles. The number of amides is 3. The molecule has 0 fully saturated rings. The van der Waals surface area contributed by atoms with Crippen LogP contribution in [0.4, 0.5) is 16.2 Å². The highest BCUT2D eigenvalue weighted by Crippen LogP contribution is 2.36. The molecule has 6 heteroatoms. The first-order chi connectivity index (χ1) is 11.2. The number of nitrogens with one attached hydrogen (secondary N) is 3. The summed E-state index contributed by atoms with van der Waals surface area (Å²) in [6.07, 6.45) is 1.58. The zero-order valence-electron chi connectivity index (χ0n) is 12.3. The highest BCUT2D eigenvalue weighted by Gasteiger charge is 2.21. The number of rotatable bonds is 3. The maximum absolute atomic E-state index is 12.3. The molecule has 1 heterocycles. The smallest absolute Gasteiger partial charge is 0.319 e. The molecule has 0 unspecified atom stereocenters. The molecule has 0 bridgehead atoms. The van der Waals surface area contributed by atoms with E-state index in [9.17, 15) is 9.59 Å². The molecular weight excluding hydrogens is 294 g/mol. The fourth-order valence-corrected chi connectivity index (χ4v) is 2.18. The third kappa shape index (κ3) is 3.16. The minimum Gasteiger partial charge on any atom is -0.454 e. The molecular formula is C17H15N3O3. The van der Waals surface area contributed by atoms with Crippen LogP contribution in [-0.4, -0.2) is 18.5 Å². The Kier molecular flexibility index (Phi) is 3.97. The SMILES string of the molecule is C=CCNC(=O)Nc1ccc2c(c1)C(=O)Nc1ccccc1O2. The largest absolute Gasteiger partial charge is 0.454 e. The molecule has 2 aromatic rings. The molecule has 1 aliphatic heterocycles. The lowest BCUT2D eigenvalue weighted by Gasteiger charge is -2.10. The van der Waals surface area contributed by atoms with Crippen LogP contribution in [0.1, 0.15) is 10.4 Å². The van der Waals surface area contributed by atoms with Crippen molar-refractivity contribution >= 4 is 23.3 Å². The van der Waals surface area contributed by atoms with Crippen molar-refractivity contribution in [3.63, 3.8) is 0 Å². The lowest BCUT2D eigenvalue weighted by molar-refractivity contribution is 0.102. The predicted molar refractivity (Wildman–Crippen MR) is 88.1 cm³/mol. The molecule has 1 aliphatic rings. The van der Waals surface area contributed by atoms with E-state index in [1.807, 2.05) is 12.1 Å². The van der Waals surface area contributed by atoms with Crippen LogP contribution in [0.25, 0.3) is 0 Å². The summed E-state index contributed by atoms with van der Waals surface area (Å²) < 4.78 is 5.77. The monoisotopic (exact) mass is 309 g/mol. The number of anilines is 2. The highest BCUT2D eigenvalue weighted by molar-refractivity contribution is 6.08. The lowest BCUT2D eigenvalue weighted by atomic mass is 10.1. The fraction of sp³-hybridized carbons (Fsp3) is 0.0588. The fourth-order valence-electron chi connectivity index (χ4n) is 2.18. The van der Waals surface area contributed by atoms with Crippen LogP contribution in [0.3, 0.4) is 0 Å². The minimum absolute atomic E-state index is 0.292. The Morgan fingerprint density at radius 1 is 1.22 bits per heavy atom. The van der Waals surface area contributed by atoms with Gasteiger partial charge in [-0.2, -0.15) is 0 Å². The van der Waals surface area contributed by atoms with Gasteiger partial charge in [0, 0.05) is 12.2 Å². The van der Waals surface area contributed by atoms with Crippen molar-refractivity contribution in [2.75, 3.05) is 17.2 Å². The molecule has 6 nitrogen and oxygen atoms in total. The normalized spacial score (nSPS) is 11.9. The first-order valence-electron chi connectivity index (χ1n) is 7.05. The van der Waals surface area contributed by atoms with E-state index < -0.39 is 0 Å². The molecule has 3 rings (SSSR count). The Hall–Kier alpha value is -3.28. The summed E-state index contributed by atoms with van der Waals surface area (Å²) in [4.78, 5) is 24.0. The number of fused-ring (bicyclic) bond motifs is 2. The van der Waals surface area contributed by atoms with Gasteiger partial charge < -0.3 is 20.7 Å². The Bertz CT molecular complexity index is 786. The van der Waals surface area contributed by atoms with E-state index >= 15 is 0 Å². The van der Waals surface area contributed by atoms with Gasteiger partial charge in [0.1, 0.15) is 5.75 Å². The minimum atomic E-state index is -0.372. The topological polar surface area (TPSA) is 79.5 Å². The summed E-state index contributed by atoms with van der Waals surface area (Å²) >= 11 is 0. The van der Waals surface area contributed by atoms with Gasteiger partial charge in [-0.3, -0.25) is 4.79 Å². The van der Waals surface area contributed by atoms with Crippen LogP contribution in [0.15, 0.2) is 55.1 Å². The van der Waals surface area contributed by atoms with Crippen LogP contribution in [0.5, 0.6) is 11.5 Å². The molecule has 3 N–H and O–H groups in total. The van der Waals surface area contributed by atoms with Crippen molar-refractivity contribution in [2.45, 2.75) is 0 Å². The van der Waals surface area contributed by atoms with Gasteiger partial charge in [-0.1, -0.05) is 18.2 Å². The first kappa shape index (κ1) is 14.6. The van der Waals surface area contributed by atoms with Gasteiger partial charge in [0.15, 0.2) is 5.75 Å². The van der Waals surface area contributed by atoms with Crippen molar-refractivity contribution in [1.82, 2.24) is 5.32 Å². The Morgan fingerprint density at radius 3 is 2.87 bits per heavy atom. The second-order valence-corrected chi connectivity index (χ2v) is 4.89. The maximum Gasteiger partial charge on any atom is 0.319 e. The second-order valence-electron chi connectivity index (χ2n) is 4.89. The summed E-state index contributed by atoms with van der Waals surface area (Å²) in [6.45, 7) is 3.88. The number of urea groups is 1. The van der Waals surface area contributed by atoms with Crippen LogP contribution < -0.4 is 20.7 Å². The number of hydrogen-bond acceptors (Lipinski definition) is 3. The molecule has 0 spiro atoms. The maximum atomic E-state index is 12.3. The highest BCUT2D eigenvalue weighted by atomic mass is 16.5. The van der Waals surface area contributed by atoms with Gasteiger partial charge >= 0.3 is 6.03 Å². The van der Waals surface area contributed by atoms with E-state index in [2.05, 4.69) is 22.5 Å². The summed E-state index contributed by atoms with van der Waals surface area (Å²) in [5, 5.41) is 8.04. The zero-order chi connectivity index (χ0) is 16.2. The van der Waals surface area contributed by atoms with Crippen molar-refractivity contribution in [1.29, 1.82) is 0 Å². The van der Waals surface area contributed by atoms with Gasteiger partial charge in [-0.15, -0.1) is 6.58 Å². The standard InChI is InChI=1S/C17H15N3O3/c1-2-9-18-17(22)19-11-7-8-14-12(10-11)16(21)20-13-5-3-4-6-15(13)23-14/h2-8,10H,1,9H2,(H,20,21)(H2,18,19,22). The van der Waals surface area contributed by atoms with Crippen molar-refractivity contribution < 1.29 is 14.3 Å². The van der Waals surface area contributed by atoms with Crippen LogP contribution in [-0.2, 0) is 0 Å². The molecule has 0 saturated heterocycles. The molecule has 23 heavy (non-hydrogen) atoms. The summed E-state index contributed by atoms with van der Waals surface area (Å²) in [7, 11) is 0.